The Bertz CT molecular complexity index is 215. The van der Waals surface area contributed by atoms with Crippen molar-refractivity contribution in [2.24, 2.45) is 10.3 Å². The minimum Gasteiger partial charge on any atom is -0.273 e. The van der Waals surface area contributed by atoms with Gasteiger partial charge in [0.2, 0.25) is 0 Å². The molecule has 0 N–H and O–H groups in total. The van der Waals surface area contributed by atoms with E-state index in [2.05, 4.69) is 50.7 Å². The zero-order chi connectivity index (χ0) is 11.0. The predicted molar refractivity (Wildman–Crippen MR) is 59.9 cm³/mol. The van der Waals surface area contributed by atoms with E-state index in [0.29, 0.717) is 12.1 Å². The molecule has 0 atom stereocenters. The standard InChI is InChI=1S/C11H21N3/c1-6-7-8-9-12-13-14(10(2)3)11(4)5/h7,9-11H,6H2,1-5H3. The second-order valence-electron chi connectivity index (χ2n) is 3.68. The van der Waals surface area contributed by atoms with Gasteiger partial charge in [0.25, 0.3) is 0 Å². The normalized spacial score (nSPS) is 10.8. The van der Waals surface area contributed by atoms with Gasteiger partial charge in [-0.3, -0.25) is 5.01 Å². The molecule has 80 valence electrons. The molecular weight excluding hydrogens is 174 g/mol. The van der Waals surface area contributed by atoms with Gasteiger partial charge in [0.1, 0.15) is 0 Å². The smallest absolute Gasteiger partial charge is 0.0928 e. The van der Waals surface area contributed by atoms with Crippen LogP contribution >= 0.6 is 0 Å². The fraction of sp³-hybridized carbons (Fsp3) is 0.727. The van der Waals surface area contributed by atoms with E-state index in [9.17, 15) is 0 Å². The largest absolute Gasteiger partial charge is 0.273 e. The topological polar surface area (TPSA) is 28.0 Å². The number of allylic oxidation sites excluding steroid dienone is 1. The maximum atomic E-state index is 4.11. The van der Waals surface area contributed by atoms with E-state index >= 15 is 0 Å². The Morgan fingerprint density at radius 3 is 2.21 bits per heavy atom. The lowest BCUT2D eigenvalue weighted by atomic mass is 10.3. The van der Waals surface area contributed by atoms with E-state index in [1.54, 1.807) is 6.20 Å². The van der Waals surface area contributed by atoms with Crippen molar-refractivity contribution in [2.75, 3.05) is 0 Å². The lowest BCUT2D eigenvalue weighted by Gasteiger charge is -2.25. The van der Waals surface area contributed by atoms with Crippen molar-refractivity contribution in [2.45, 2.75) is 53.1 Å². The van der Waals surface area contributed by atoms with Gasteiger partial charge in [-0.1, -0.05) is 12.1 Å². The Morgan fingerprint density at radius 2 is 1.79 bits per heavy atom. The summed E-state index contributed by atoms with van der Waals surface area (Å²) in [5.74, 6) is 0. The second-order valence-corrected chi connectivity index (χ2v) is 3.68. The van der Waals surface area contributed by atoms with Crippen LogP contribution in [0, 0.1) is 0 Å². The Morgan fingerprint density at radius 1 is 1.21 bits per heavy atom. The van der Waals surface area contributed by atoms with Gasteiger partial charge < -0.3 is 0 Å². The molecule has 0 saturated heterocycles. The van der Waals surface area contributed by atoms with Gasteiger partial charge in [0, 0.05) is 12.1 Å². The molecule has 0 fully saturated rings. The fourth-order valence-electron chi connectivity index (χ4n) is 1.09. The van der Waals surface area contributed by atoms with Crippen molar-refractivity contribution in [3.63, 3.8) is 0 Å². The Kier molecular flexibility index (Phi) is 6.77. The van der Waals surface area contributed by atoms with Crippen LogP contribution < -0.4 is 0 Å². The Hall–Kier alpha value is -1.08. The molecule has 3 heteroatoms. The summed E-state index contributed by atoms with van der Waals surface area (Å²) in [6, 6.07) is 0.754. The molecule has 0 aliphatic rings. The van der Waals surface area contributed by atoms with Crippen LogP contribution in [0.4, 0.5) is 0 Å². The molecule has 0 rings (SSSR count). The van der Waals surface area contributed by atoms with E-state index in [0.717, 1.165) is 6.42 Å². The van der Waals surface area contributed by atoms with Crippen LogP contribution in [0.15, 0.2) is 28.3 Å². The molecule has 0 radical (unpaired) electrons. The van der Waals surface area contributed by atoms with E-state index in [1.807, 2.05) is 11.1 Å². The van der Waals surface area contributed by atoms with Gasteiger partial charge in [-0.05, 0) is 40.2 Å². The average molecular weight is 195 g/mol. The molecule has 0 aromatic rings. The third kappa shape index (κ3) is 5.55. The molecule has 0 unspecified atom stereocenters. The third-order valence-corrected chi connectivity index (χ3v) is 1.67. The van der Waals surface area contributed by atoms with Gasteiger partial charge in [-0.15, -0.1) is 10.8 Å². The van der Waals surface area contributed by atoms with Gasteiger partial charge in [-0.2, -0.15) is 0 Å². The third-order valence-electron chi connectivity index (χ3n) is 1.67. The Balaban J connectivity index is 4.23. The molecule has 3 nitrogen and oxygen atoms in total. The Labute approximate surface area is 87.2 Å². The van der Waals surface area contributed by atoms with Crippen molar-refractivity contribution >= 4 is 0 Å². The summed E-state index contributed by atoms with van der Waals surface area (Å²) >= 11 is 0. The number of hydrogen-bond donors (Lipinski definition) is 0. The molecule has 0 spiro atoms. The number of nitrogens with zero attached hydrogens (tertiary/aromatic N) is 3. The zero-order valence-corrected chi connectivity index (χ0v) is 9.86. The molecule has 0 heterocycles. The molecule has 14 heavy (non-hydrogen) atoms. The van der Waals surface area contributed by atoms with Crippen LogP contribution in [0.1, 0.15) is 41.0 Å². The fourth-order valence-corrected chi connectivity index (χ4v) is 1.09. The molecule has 0 bridgehead atoms. The second kappa shape index (κ2) is 7.34. The van der Waals surface area contributed by atoms with E-state index in [-0.39, 0.29) is 0 Å². The van der Waals surface area contributed by atoms with Crippen LogP contribution in [0.25, 0.3) is 0 Å². The zero-order valence-electron chi connectivity index (χ0n) is 9.86. The monoisotopic (exact) mass is 195 g/mol. The van der Waals surface area contributed by atoms with Crippen LogP contribution in [0.5, 0.6) is 0 Å². The van der Waals surface area contributed by atoms with Gasteiger partial charge in [0.15, 0.2) is 0 Å². The first-order valence-electron chi connectivity index (χ1n) is 5.18. The SMILES string of the molecule is CCC=C=CN=NN(C(C)C)C(C)C. The molecule has 0 aromatic heterocycles. The molecule has 0 saturated carbocycles. The maximum Gasteiger partial charge on any atom is 0.0928 e. The summed E-state index contributed by atoms with van der Waals surface area (Å²) in [7, 11) is 0. The summed E-state index contributed by atoms with van der Waals surface area (Å²) in [6.45, 7) is 10.5. The van der Waals surface area contributed by atoms with E-state index < -0.39 is 0 Å². The highest BCUT2D eigenvalue weighted by Crippen LogP contribution is 2.05. The maximum absolute atomic E-state index is 4.11. The molecule has 0 aromatic carbocycles. The summed E-state index contributed by atoms with van der Waals surface area (Å²) in [5, 5.41) is 10.0. The molecular formula is C11H21N3. The minimum atomic E-state index is 0.377. The highest BCUT2D eigenvalue weighted by Gasteiger charge is 2.09. The minimum absolute atomic E-state index is 0.377. The van der Waals surface area contributed by atoms with E-state index in [4.69, 9.17) is 0 Å². The number of hydrogen-bond acceptors (Lipinski definition) is 2. The quantitative estimate of drug-likeness (QED) is 0.374. The molecule has 0 aliphatic carbocycles. The lowest BCUT2D eigenvalue weighted by Crippen LogP contribution is -2.31. The first-order valence-corrected chi connectivity index (χ1v) is 5.18. The van der Waals surface area contributed by atoms with Crippen molar-refractivity contribution in [3.8, 4) is 0 Å². The van der Waals surface area contributed by atoms with E-state index in [1.165, 1.54) is 0 Å². The molecule has 0 amide bonds. The van der Waals surface area contributed by atoms with Gasteiger partial charge >= 0.3 is 0 Å². The van der Waals surface area contributed by atoms with Crippen LogP contribution in [0.2, 0.25) is 0 Å². The van der Waals surface area contributed by atoms with Crippen molar-refractivity contribution in [1.82, 2.24) is 5.01 Å². The average Bonchev–Trinajstić information content (AvgIpc) is 2.09. The predicted octanol–water partition coefficient (Wildman–Crippen LogP) is 3.55. The lowest BCUT2D eigenvalue weighted by molar-refractivity contribution is 0.169. The van der Waals surface area contributed by atoms with Crippen molar-refractivity contribution in [1.29, 1.82) is 0 Å². The van der Waals surface area contributed by atoms with Crippen LogP contribution in [-0.2, 0) is 0 Å². The van der Waals surface area contributed by atoms with Crippen LogP contribution in [-0.4, -0.2) is 17.1 Å². The summed E-state index contributed by atoms with van der Waals surface area (Å²) in [4.78, 5) is 0. The highest BCUT2D eigenvalue weighted by molar-refractivity contribution is 4.81. The first-order chi connectivity index (χ1) is 6.59. The molecule has 0 aliphatic heterocycles. The first kappa shape index (κ1) is 12.9. The van der Waals surface area contributed by atoms with Crippen LogP contribution in [0.3, 0.4) is 0 Å². The summed E-state index contributed by atoms with van der Waals surface area (Å²) in [6.07, 6.45) is 4.50. The summed E-state index contributed by atoms with van der Waals surface area (Å²) < 4.78 is 0. The van der Waals surface area contributed by atoms with Gasteiger partial charge in [0.05, 0.1) is 6.20 Å². The van der Waals surface area contributed by atoms with Crippen molar-refractivity contribution in [3.05, 3.63) is 18.0 Å². The van der Waals surface area contributed by atoms with Gasteiger partial charge in [-0.25, -0.2) is 0 Å². The van der Waals surface area contributed by atoms with Crippen molar-refractivity contribution < 1.29 is 0 Å². The summed E-state index contributed by atoms with van der Waals surface area (Å²) in [5.41, 5.74) is 2.93. The highest BCUT2D eigenvalue weighted by atomic mass is 15.6. The number of rotatable bonds is 5.